The van der Waals surface area contributed by atoms with Crippen LogP contribution in [0.15, 0.2) is 47.3 Å². The number of nitrogens with one attached hydrogen (secondary N) is 1. The van der Waals surface area contributed by atoms with Crippen LogP contribution in [0.1, 0.15) is 30.3 Å². The molecule has 0 saturated carbocycles. The van der Waals surface area contributed by atoms with E-state index in [9.17, 15) is 22.8 Å². The number of benzene rings is 2. The van der Waals surface area contributed by atoms with Gasteiger partial charge in [0.1, 0.15) is 23.1 Å². The zero-order valence-corrected chi connectivity index (χ0v) is 14.6. The summed E-state index contributed by atoms with van der Waals surface area (Å²) >= 11 is 0. The molecule has 0 unspecified atom stereocenters. The third kappa shape index (κ3) is 3.86. The molecule has 4 nitrogen and oxygen atoms in total. The van der Waals surface area contributed by atoms with Gasteiger partial charge in [-0.1, -0.05) is 19.4 Å². The number of nitrogens with zero attached hydrogens (tertiary/aromatic N) is 1. The topological polar surface area (TPSA) is 51.1 Å². The number of halogens is 3. The quantitative estimate of drug-likeness (QED) is 0.716. The number of amides is 1. The molecule has 1 N–H and O–H groups in total. The maximum atomic E-state index is 13.8. The van der Waals surface area contributed by atoms with Crippen molar-refractivity contribution >= 4 is 22.4 Å². The van der Waals surface area contributed by atoms with Crippen LogP contribution in [0.25, 0.3) is 10.8 Å². The van der Waals surface area contributed by atoms with Gasteiger partial charge >= 0.3 is 0 Å². The van der Waals surface area contributed by atoms with Gasteiger partial charge in [0, 0.05) is 12.6 Å². The van der Waals surface area contributed by atoms with E-state index in [-0.39, 0.29) is 23.3 Å². The van der Waals surface area contributed by atoms with Gasteiger partial charge in [0.05, 0.1) is 11.1 Å². The average molecular weight is 374 g/mol. The maximum Gasteiger partial charge on any atom is 0.272 e. The fourth-order valence-corrected chi connectivity index (χ4v) is 2.82. The van der Waals surface area contributed by atoms with Crippen molar-refractivity contribution in [3.05, 3.63) is 76.0 Å². The van der Waals surface area contributed by atoms with Crippen LogP contribution in [-0.4, -0.2) is 10.5 Å². The molecule has 140 valence electrons. The van der Waals surface area contributed by atoms with Crippen LogP contribution in [0.4, 0.5) is 18.9 Å². The van der Waals surface area contributed by atoms with Gasteiger partial charge in [-0.15, -0.1) is 0 Å². The molecule has 1 amide bonds. The predicted molar refractivity (Wildman–Crippen MR) is 97.4 cm³/mol. The molecule has 0 aliphatic carbocycles. The highest BCUT2D eigenvalue weighted by atomic mass is 19.1. The molecule has 0 spiro atoms. The van der Waals surface area contributed by atoms with Crippen LogP contribution in [0.3, 0.4) is 0 Å². The molecule has 0 aliphatic rings. The van der Waals surface area contributed by atoms with E-state index in [1.807, 2.05) is 6.92 Å². The van der Waals surface area contributed by atoms with E-state index < -0.39 is 28.9 Å². The Morgan fingerprint density at radius 1 is 1.04 bits per heavy atom. The van der Waals surface area contributed by atoms with Crippen molar-refractivity contribution in [2.45, 2.75) is 26.3 Å². The second-order valence-corrected chi connectivity index (χ2v) is 6.15. The first-order valence-corrected chi connectivity index (χ1v) is 8.50. The number of fused-ring (bicyclic) bond motifs is 1. The summed E-state index contributed by atoms with van der Waals surface area (Å²) in [6.45, 7) is 2.19. The summed E-state index contributed by atoms with van der Waals surface area (Å²) < 4.78 is 41.7. The van der Waals surface area contributed by atoms with Crippen molar-refractivity contribution in [2.24, 2.45) is 0 Å². The van der Waals surface area contributed by atoms with Crippen molar-refractivity contribution in [1.29, 1.82) is 0 Å². The first-order valence-electron chi connectivity index (χ1n) is 8.50. The Morgan fingerprint density at radius 2 is 1.74 bits per heavy atom. The lowest BCUT2D eigenvalue weighted by molar-refractivity contribution is 0.101. The Hall–Kier alpha value is -3.09. The fraction of sp³-hybridized carbons (Fsp3) is 0.200. The summed E-state index contributed by atoms with van der Waals surface area (Å²) in [6.07, 6.45) is 1.41. The average Bonchev–Trinajstić information content (AvgIpc) is 2.63. The second-order valence-electron chi connectivity index (χ2n) is 6.15. The van der Waals surface area contributed by atoms with Crippen molar-refractivity contribution < 1.29 is 18.0 Å². The van der Waals surface area contributed by atoms with E-state index in [0.717, 1.165) is 24.6 Å². The monoisotopic (exact) mass is 374 g/mol. The number of carbonyl (C=O) groups excluding carboxylic acids is 1. The summed E-state index contributed by atoms with van der Waals surface area (Å²) in [7, 11) is 0. The Morgan fingerprint density at radius 3 is 2.44 bits per heavy atom. The molecule has 0 bridgehead atoms. The zero-order valence-electron chi connectivity index (χ0n) is 14.6. The van der Waals surface area contributed by atoms with Crippen molar-refractivity contribution in [3.63, 3.8) is 0 Å². The Balaban J connectivity index is 2.09. The van der Waals surface area contributed by atoms with Gasteiger partial charge in [0.15, 0.2) is 0 Å². The molecule has 0 aliphatic heterocycles. The lowest BCUT2D eigenvalue weighted by Gasteiger charge is -2.14. The van der Waals surface area contributed by atoms with E-state index in [4.69, 9.17) is 0 Å². The van der Waals surface area contributed by atoms with Crippen LogP contribution < -0.4 is 10.9 Å². The Kier molecular flexibility index (Phi) is 5.30. The van der Waals surface area contributed by atoms with Gasteiger partial charge in [-0.3, -0.25) is 9.59 Å². The minimum atomic E-state index is -0.923. The van der Waals surface area contributed by atoms with Crippen molar-refractivity contribution in [1.82, 2.24) is 4.57 Å². The summed E-state index contributed by atoms with van der Waals surface area (Å²) in [4.78, 5) is 25.5. The number of aromatic nitrogens is 1. The van der Waals surface area contributed by atoms with Crippen molar-refractivity contribution in [2.75, 3.05) is 5.32 Å². The molecular formula is C20H17F3N2O2. The third-order valence-corrected chi connectivity index (χ3v) is 4.22. The third-order valence-electron chi connectivity index (χ3n) is 4.22. The SMILES string of the molecule is CCCCn1c(C(=O)Nc2ccc(F)cc2F)cc2ccc(F)cc2c1=O. The smallest absolute Gasteiger partial charge is 0.272 e. The number of pyridine rings is 1. The summed E-state index contributed by atoms with van der Waals surface area (Å²) in [5.41, 5.74) is -0.670. The highest BCUT2D eigenvalue weighted by Gasteiger charge is 2.17. The number of rotatable bonds is 5. The standard InChI is InChI=1S/C20H17F3N2O2/c1-2-3-8-25-18(9-12-4-5-13(21)10-15(12)20(25)27)19(26)24-17-7-6-14(22)11-16(17)23/h4-7,9-11H,2-3,8H2,1H3,(H,24,26). The van der Waals surface area contributed by atoms with Crippen LogP contribution in [0.2, 0.25) is 0 Å². The van der Waals surface area contributed by atoms with Crippen LogP contribution in [0.5, 0.6) is 0 Å². The summed E-state index contributed by atoms with van der Waals surface area (Å²) in [6, 6.07) is 7.97. The van der Waals surface area contributed by atoms with Gasteiger partial charge in [0.2, 0.25) is 0 Å². The largest absolute Gasteiger partial charge is 0.318 e. The molecule has 1 heterocycles. The maximum absolute atomic E-state index is 13.8. The molecule has 0 saturated heterocycles. The molecule has 27 heavy (non-hydrogen) atoms. The van der Waals surface area contributed by atoms with E-state index in [2.05, 4.69) is 5.32 Å². The highest BCUT2D eigenvalue weighted by molar-refractivity contribution is 6.05. The van der Waals surface area contributed by atoms with Gasteiger partial charge in [-0.2, -0.15) is 0 Å². The number of anilines is 1. The van der Waals surface area contributed by atoms with Crippen LogP contribution >= 0.6 is 0 Å². The number of unbranched alkanes of at least 4 members (excludes halogenated alkanes) is 1. The van der Waals surface area contributed by atoms with Gasteiger partial charge in [-0.05, 0) is 42.1 Å². The Labute approximate surface area is 153 Å². The number of hydrogen-bond donors (Lipinski definition) is 1. The minimum absolute atomic E-state index is 0.0243. The lowest BCUT2D eigenvalue weighted by atomic mass is 10.1. The first kappa shape index (κ1) is 18.7. The molecule has 2 aromatic carbocycles. The normalized spacial score (nSPS) is 11.0. The highest BCUT2D eigenvalue weighted by Crippen LogP contribution is 2.19. The number of carbonyl (C=O) groups is 1. The molecule has 3 aromatic rings. The van der Waals surface area contributed by atoms with Crippen LogP contribution in [-0.2, 0) is 6.54 Å². The van der Waals surface area contributed by atoms with E-state index in [0.29, 0.717) is 17.9 Å². The summed E-state index contributed by atoms with van der Waals surface area (Å²) in [5, 5.41) is 2.92. The second kappa shape index (κ2) is 7.65. The molecule has 0 radical (unpaired) electrons. The molecule has 0 atom stereocenters. The number of hydrogen-bond acceptors (Lipinski definition) is 2. The van der Waals surface area contributed by atoms with E-state index in [1.54, 1.807) is 0 Å². The summed E-state index contributed by atoms with van der Waals surface area (Å²) in [5.74, 6) is -2.95. The fourth-order valence-electron chi connectivity index (χ4n) is 2.82. The van der Waals surface area contributed by atoms with E-state index in [1.165, 1.54) is 22.8 Å². The van der Waals surface area contributed by atoms with Crippen molar-refractivity contribution in [3.8, 4) is 0 Å². The zero-order chi connectivity index (χ0) is 19.6. The van der Waals surface area contributed by atoms with Gasteiger partial charge < -0.3 is 9.88 Å². The lowest BCUT2D eigenvalue weighted by Crippen LogP contribution is -2.29. The molecule has 0 fully saturated rings. The molecular weight excluding hydrogens is 357 g/mol. The molecule has 3 rings (SSSR count). The Bertz CT molecular complexity index is 1080. The molecule has 1 aromatic heterocycles. The van der Waals surface area contributed by atoms with E-state index >= 15 is 0 Å². The van der Waals surface area contributed by atoms with Gasteiger partial charge in [-0.25, -0.2) is 13.2 Å². The predicted octanol–water partition coefficient (Wildman–Crippen LogP) is 4.47. The van der Waals surface area contributed by atoms with Gasteiger partial charge in [0.25, 0.3) is 11.5 Å². The molecule has 7 heteroatoms. The van der Waals surface area contributed by atoms with Crippen LogP contribution in [0, 0.1) is 17.5 Å². The minimum Gasteiger partial charge on any atom is -0.318 e. The first-order chi connectivity index (χ1) is 12.9.